The van der Waals surface area contributed by atoms with Crippen molar-refractivity contribution in [2.45, 2.75) is 26.7 Å². The van der Waals surface area contributed by atoms with Crippen molar-refractivity contribution in [2.75, 3.05) is 40.1 Å². The van der Waals surface area contributed by atoms with Crippen LogP contribution < -0.4 is 37.9 Å². The summed E-state index contributed by atoms with van der Waals surface area (Å²) in [6, 6.07) is 9.40. The van der Waals surface area contributed by atoms with Crippen molar-refractivity contribution in [1.29, 1.82) is 0 Å². The highest BCUT2D eigenvalue weighted by atomic mass is 16.5. The molecule has 0 bridgehead atoms. The number of amides is 2. The lowest BCUT2D eigenvalue weighted by molar-refractivity contribution is -0.121. The van der Waals surface area contributed by atoms with Crippen molar-refractivity contribution in [3.63, 3.8) is 0 Å². The molecule has 1 saturated carbocycles. The molecule has 2 aromatic rings. The predicted molar refractivity (Wildman–Crippen MR) is 177 cm³/mol. The number of nitrogens with zero attached hydrogens (tertiary/aromatic N) is 3. The fourth-order valence-corrected chi connectivity index (χ4v) is 3.83. The van der Waals surface area contributed by atoms with E-state index < -0.39 is 5.91 Å². The number of aromatic nitrogens is 1. The fraction of sp³-hybridized carbons (Fsp3) is 0.312. The molecular weight excluding hydrogens is 558 g/mol. The Kier molecular flexibility index (Phi) is 13.5. The normalized spacial score (nSPS) is 13.9. The number of carbonyl (C=O) groups excluding carboxylic acids is 2. The first-order valence-corrected chi connectivity index (χ1v) is 14.0. The van der Waals surface area contributed by atoms with Crippen molar-refractivity contribution in [1.82, 2.24) is 20.5 Å². The van der Waals surface area contributed by atoms with Gasteiger partial charge in [-0.2, -0.15) is 0 Å². The standard InChI is InChI=1S/C23H28N6O3.C9H17N3/c1-13-7-8-15(12-27-13)16-5-4-6-17(21(16)32-3)28-18(20(25)23(31)26-2)11-19(24)29-22(30)14-9-10-14;1-5-12(4)7-9(6-11-3)8(2)10/h4-8,11-12,14,28H,9-10,24-25H2,1-3H3,(H,26,31)(H,29,30);5-6H,1,7,10H2,2-4H3/b19-11+,20-18+;9-8+,11-6?. The second kappa shape index (κ2) is 17.0. The lowest BCUT2D eigenvalue weighted by Crippen LogP contribution is -2.31. The van der Waals surface area contributed by atoms with E-state index in [2.05, 4.69) is 32.5 Å². The second-order valence-electron chi connectivity index (χ2n) is 10.2. The molecular formula is C32H45N9O3. The highest BCUT2D eigenvalue weighted by molar-refractivity contribution is 5.94. The van der Waals surface area contributed by atoms with E-state index in [0.717, 1.165) is 47.5 Å². The lowest BCUT2D eigenvalue weighted by Gasteiger charge is -2.17. The number of carbonyl (C=O) groups is 2. The first kappa shape index (κ1) is 34.9. The summed E-state index contributed by atoms with van der Waals surface area (Å²) in [5.74, 6) is -0.0482. The number of hydrogen-bond acceptors (Lipinski definition) is 10. The van der Waals surface area contributed by atoms with Gasteiger partial charge >= 0.3 is 0 Å². The summed E-state index contributed by atoms with van der Waals surface area (Å²) < 4.78 is 5.66. The van der Waals surface area contributed by atoms with E-state index in [1.54, 1.807) is 38.8 Å². The first-order chi connectivity index (χ1) is 20.9. The number of benzene rings is 1. The molecule has 1 aromatic carbocycles. The van der Waals surface area contributed by atoms with E-state index in [1.165, 1.54) is 13.1 Å². The monoisotopic (exact) mass is 603 g/mol. The van der Waals surface area contributed by atoms with Gasteiger partial charge in [-0.25, -0.2) is 0 Å². The van der Waals surface area contributed by atoms with Gasteiger partial charge in [0.2, 0.25) is 5.91 Å². The first-order valence-electron chi connectivity index (χ1n) is 14.0. The summed E-state index contributed by atoms with van der Waals surface area (Å²) in [7, 11) is 6.70. The van der Waals surface area contributed by atoms with E-state index in [-0.39, 0.29) is 29.0 Å². The summed E-state index contributed by atoms with van der Waals surface area (Å²) in [6.45, 7) is 8.19. The molecule has 0 atom stereocenters. The van der Waals surface area contributed by atoms with E-state index >= 15 is 0 Å². The van der Waals surface area contributed by atoms with Crippen LogP contribution in [-0.4, -0.2) is 62.7 Å². The van der Waals surface area contributed by atoms with E-state index in [0.29, 0.717) is 11.4 Å². The van der Waals surface area contributed by atoms with Gasteiger partial charge in [-0.05, 0) is 45.0 Å². The molecule has 9 N–H and O–H groups in total. The third-order valence-corrected chi connectivity index (χ3v) is 6.51. The van der Waals surface area contributed by atoms with Crippen LogP contribution in [0.4, 0.5) is 5.69 Å². The number of aliphatic imine (C=N–C) groups is 1. The number of anilines is 1. The quantitative estimate of drug-likeness (QED) is 0.120. The maximum Gasteiger partial charge on any atom is 0.269 e. The Morgan fingerprint density at radius 2 is 1.91 bits per heavy atom. The minimum Gasteiger partial charge on any atom is -0.494 e. The molecule has 1 aliphatic rings. The molecule has 1 aromatic heterocycles. The second-order valence-corrected chi connectivity index (χ2v) is 10.2. The Hall–Kier alpha value is -5.26. The van der Waals surface area contributed by atoms with E-state index in [1.807, 2.05) is 50.1 Å². The maximum atomic E-state index is 12.2. The molecule has 1 aliphatic carbocycles. The number of para-hydroxylation sites is 1. The Bertz CT molecular complexity index is 1440. The van der Waals surface area contributed by atoms with Gasteiger partial charge in [0.15, 0.2) is 0 Å². The Labute approximate surface area is 259 Å². The molecule has 3 rings (SSSR count). The van der Waals surface area contributed by atoms with Gasteiger partial charge in [-0.3, -0.25) is 19.6 Å². The van der Waals surface area contributed by atoms with Crippen LogP contribution in [0.15, 0.2) is 88.9 Å². The number of pyridine rings is 1. The van der Waals surface area contributed by atoms with Crippen LogP contribution in [0, 0.1) is 12.8 Å². The molecule has 0 unspecified atom stereocenters. The van der Waals surface area contributed by atoms with Crippen LogP contribution >= 0.6 is 0 Å². The van der Waals surface area contributed by atoms with Gasteiger partial charge in [0.1, 0.15) is 17.3 Å². The summed E-state index contributed by atoms with van der Waals surface area (Å²) in [5, 5.41) is 8.25. The molecule has 44 heavy (non-hydrogen) atoms. The lowest BCUT2D eigenvalue weighted by atomic mass is 10.0. The third-order valence-electron chi connectivity index (χ3n) is 6.51. The van der Waals surface area contributed by atoms with Crippen molar-refractivity contribution in [3.05, 3.63) is 89.6 Å². The molecule has 0 aliphatic heterocycles. The largest absolute Gasteiger partial charge is 0.494 e. The summed E-state index contributed by atoms with van der Waals surface area (Å²) in [4.78, 5) is 34.5. The van der Waals surface area contributed by atoms with Crippen molar-refractivity contribution in [3.8, 4) is 16.9 Å². The fourth-order valence-electron chi connectivity index (χ4n) is 3.83. The third kappa shape index (κ3) is 10.5. The zero-order valence-electron chi connectivity index (χ0n) is 26.4. The molecule has 0 saturated heterocycles. The average molecular weight is 604 g/mol. The SMILES string of the molecule is C=CN(C)C/C(C=NC)=C(\C)N.CNC(=O)/C(N)=C(/C=C(\N)NC(=O)C1CC1)Nc1cccc(-c2ccc(C)nc2)c1OC. The Morgan fingerprint density at radius 3 is 2.43 bits per heavy atom. The number of likely N-dealkylation sites (N-methyl/N-ethyl adjacent to an activating group) is 2. The zero-order valence-corrected chi connectivity index (χ0v) is 26.4. The van der Waals surface area contributed by atoms with Crippen molar-refractivity contribution < 1.29 is 14.3 Å². The molecule has 1 fully saturated rings. The topological polar surface area (TPSA) is 186 Å². The number of ether oxygens (including phenoxy) is 1. The zero-order chi connectivity index (χ0) is 32.8. The molecule has 2 amide bonds. The van der Waals surface area contributed by atoms with Gasteiger partial charge in [0.05, 0.1) is 18.5 Å². The molecule has 0 radical (unpaired) electrons. The smallest absolute Gasteiger partial charge is 0.269 e. The van der Waals surface area contributed by atoms with Gasteiger partial charge in [-0.15, -0.1) is 0 Å². The van der Waals surface area contributed by atoms with Crippen LogP contribution in [0.3, 0.4) is 0 Å². The number of methoxy groups -OCH3 is 1. The number of nitrogens with two attached hydrogens (primary N) is 3. The van der Waals surface area contributed by atoms with Crippen molar-refractivity contribution in [2.24, 2.45) is 28.1 Å². The molecule has 1 heterocycles. The Morgan fingerprint density at radius 1 is 1.20 bits per heavy atom. The molecule has 0 spiro atoms. The summed E-state index contributed by atoms with van der Waals surface area (Å²) >= 11 is 0. The van der Waals surface area contributed by atoms with Crippen LogP contribution in [0.2, 0.25) is 0 Å². The minimum absolute atomic E-state index is 0.0153. The molecule has 12 heteroatoms. The van der Waals surface area contributed by atoms with Gasteiger partial charge in [-0.1, -0.05) is 24.8 Å². The van der Waals surface area contributed by atoms with Gasteiger partial charge < -0.3 is 42.8 Å². The molecule has 12 nitrogen and oxygen atoms in total. The van der Waals surface area contributed by atoms with E-state index in [4.69, 9.17) is 21.9 Å². The van der Waals surface area contributed by atoms with Crippen LogP contribution in [0.25, 0.3) is 11.1 Å². The molecule has 236 valence electrons. The van der Waals surface area contributed by atoms with Gasteiger partial charge in [0, 0.05) is 80.2 Å². The van der Waals surface area contributed by atoms with Crippen LogP contribution in [0.1, 0.15) is 25.5 Å². The van der Waals surface area contributed by atoms with Crippen molar-refractivity contribution >= 4 is 23.7 Å². The maximum absolute atomic E-state index is 12.2. The Balaban J connectivity index is 0.000000477. The van der Waals surface area contributed by atoms with Crippen LogP contribution in [-0.2, 0) is 9.59 Å². The summed E-state index contributed by atoms with van der Waals surface area (Å²) in [6.07, 6.45) is 8.40. The number of allylic oxidation sites excluding steroid dienone is 2. The van der Waals surface area contributed by atoms with Crippen LogP contribution in [0.5, 0.6) is 5.75 Å². The van der Waals surface area contributed by atoms with Gasteiger partial charge in [0.25, 0.3) is 5.91 Å². The number of aryl methyl sites for hydroxylation is 1. The van der Waals surface area contributed by atoms with E-state index in [9.17, 15) is 9.59 Å². The number of hydrogen-bond donors (Lipinski definition) is 6. The highest BCUT2D eigenvalue weighted by Crippen LogP contribution is 2.37. The number of nitrogens with one attached hydrogen (secondary N) is 3. The summed E-state index contributed by atoms with van der Waals surface area (Å²) in [5.41, 5.74) is 22.8. The average Bonchev–Trinajstić information content (AvgIpc) is 3.86. The minimum atomic E-state index is -0.497. The number of rotatable bonds is 12. The predicted octanol–water partition coefficient (Wildman–Crippen LogP) is 2.72. The highest BCUT2D eigenvalue weighted by Gasteiger charge is 2.29.